The van der Waals surface area contributed by atoms with Crippen molar-refractivity contribution in [1.29, 1.82) is 0 Å². The van der Waals surface area contributed by atoms with E-state index in [0.29, 0.717) is 35.9 Å². The summed E-state index contributed by atoms with van der Waals surface area (Å²) < 4.78 is 15.4. The summed E-state index contributed by atoms with van der Waals surface area (Å²) in [6.07, 6.45) is 21.8. The molecule has 36 heavy (non-hydrogen) atoms. The highest BCUT2D eigenvalue weighted by Crippen LogP contribution is 2.64. The van der Waals surface area contributed by atoms with E-state index in [2.05, 4.69) is 88.7 Å². The van der Waals surface area contributed by atoms with Crippen molar-refractivity contribution in [2.45, 2.75) is 36.8 Å². The predicted molar refractivity (Wildman–Crippen MR) is 139 cm³/mol. The van der Waals surface area contributed by atoms with Crippen molar-refractivity contribution in [3.63, 3.8) is 0 Å². The zero-order valence-corrected chi connectivity index (χ0v) is 19.9. The van der Waals surface area contributed by atoms with Crippen LogP contribution in [0.4, 0.5) is 0 Å². The van der Waals surface area contributed by atoms with Gasteiger partial charge >= 0.3 is 0 Å². The number of nitrogens with zero attached hydrogens (tertiary/aromatic N) is 2. The molecular weight excluding hydrogens is 444 g/mol. The molecule has 2 aromatic carbocycles. The number of rotatable bonds is 1. The van der Waals surface area contributed by atoms with E-state index in [4.69, 9.17) is 9.47 Å². The molecule has 0 amide bonds. The van der Waals surface area contributed by atoms with Gasteiger partial charge in [-0.1, -0.05) is 66.3 Å². The lowest BCUT2D eigenvalue weighted by atomic mass is 9.78. The zero-order valence-electron chi connectivity index (χ0n) is 19.9. The summed E-state index contributed by atoms with van der Waals surface area (Å²) in [5, 5.41) is 0. The summed E-state index contributed by atoms with van der Waals surface area (Å²) in [6, 6.07) is 18.3. The van der Waals surface area contributed by atoms with Gasteiger partial charge in [0.05, 0.1) is 17.5 Å². The fraction of sp³-hybridized carbons (Fsp3) is 0.281. The smallest absolute Gasteiger partial charge is 0.215 e. The first-order valence-corrected chi connectivity index (χ1v) is 13.2. The zero-order chi connectivity index (χ0) is 23.4. The van der Waals surface area contributed by atoms with E-state index >= 15 is 0 Å². The van der Waals surface area contributed by atoms with E-state index in [1.807, 2.05) is 24.3 Å². The lowest BCUT2D eigenvalue weighted by Crippen LogP contribution is -2.45. The molecule has 7 unspecified atom stereocenters. The van der Waals surface area contributed by atoms with Crippen LogP contribution in [0.25, 0.3) is 5.70 Å². The minimum Gasteiger partial charge on any atom is -0.478 e. The number of ether oxygens (including phenoxy) is 2. The third-order valence-corrected chi connectivity index (χ3v) is 9.27. The fourth-order valence-electron chi connectivity index (χ4n) is 7.83. The minimum absolute atomic E-state index is 0.116. The van der Waals surface area contributed by atoms with Gasteiger partial charge in [0.15, 0.2) is 29.9 Å². The van der Waals surface area contributed by atoms with Gasteiger partial charge in [-0.15, -0.1) is 0 Å². The van der Waals surface area contributed by atoms with Crippen molar-refractivity contribution in [1.82, 2.24) is 4.90 Å². The van der Waals surface area contributed by atoms with Gasteiger partial charge < -0.3 is 14.4 Å². The van der Waals surface area contributed by atoms with Crippen molar-refractivity contribution < 1.29 is 14.0 Å². The molecule has 5 heterocycles. The maximum atomic E-state index is 6.46. The monoisotopic (exact) mass is 471 g/mol. The molecule has 9 rings (SSSR count). The van der Waals surface area contributed by atoms with Gasteiger partial charge in [0.25, 0.3) is 0 Å². The Morgan fingerprint density at radius 2 is 1.72 bits per heavy atom. The largest absolute Gasteiger partial charge is 0.478 e. The second kappa shape index (κ2) is 6.91. The summed E-state index contributed by atoms with van der Waals surface area (Å²) in [5.74, 6) is 3.35. The van der Waals surface area contributed by atoms with Gasteiger partial charge in [-0.25, -0.2) is 0 Å². The van der Waals surface area contributed by atoms with Crippen molar-refractivity contribution in [2.24, 2.45) is 17.8 Å². The van der Waals surface area contributed by atoms with E-state index in [-0.39, 0.29) is 12.2 Å². The number of benzene rings is 2. The molecule has 1 saturated carbocycles. The molecular formula is C32H27N2O2+. The molecule has 0 radical (unpaired) electrons. The van der Waals surface area contributed by atoms with E-state index in [1.54, 1.807) is 5.57 Å². The Bertz CT molecular complexity index is 1490. The first-order chi connectivity index (χ1) is 17.9. The molecule has 2 aliphatic carbocycles. The van der Waals surface area contributed by atoms with Gasteiger partial charge in [-0.05, 0) is 36.9 Å². The quantitative estimate of drug-likeness (QED) is 0.530. The Kier molecular flexibility index (Phi) is 3.72. The molecule has 4 heteroatoms. The first kappa shape index (κ1) is 19.4. The van der Waals surface area contributed by atoms with E-state index in [0.717, 1.165) is 17.9 Å². The summed E-state index contributed by atoms with van der Waals surface area (Å²) in [4.78, 5) is 2.67. The number of para-hydroxylation sites is 2. The summed E-state index contributed by atoms with van der Waals surface area (Å²) >= 11 is 0. The third kappa shape index (κ3) is 2.47. The van der Waals surface area contributed by atoms with Crippen LogP contribution in [0, 0.1) is 17.8 Å². The topological polar surface area (TPSA) is 24.7 Å². The lowest BCUT2D eigenvalue weighted by Gasteiger charge is -2.42. The number of piperidine rings is 1. The van der Waals surface area contributed by atoms with Gasteiger partial charge in [-0.3, -0.25) is 0 Å². The third-order valence-electron chi connectivity index (χ3n) is 9.27. The number of fused-ring (bicyclic) bond motifs is 11. The molecule has 0 bridgehead atoms. The molecule has 4 nitrogen and oxygen atoms in total. The standard InChI is InChI=1S/C32H27N2O2/c1-3-11-21-19(9-1)23-13-7-8-16-33(23)32-29(21)30(32)31-22-12-4-2-10-20(22)24-17-27-28(18-34(24)31)36-26-15-6-5-14-25(26)35-27/h1-8,10-19,23,27-32H,9H2/q+1/t19?,23?,27?,28?,29?,30-,31?,32?/m0/s1. The van der Waals surface area contributed by atoms with Gasteiger partial charge in [-0.2, -0.15) is 4.58 Å². The Hall–Kier alpha value is -3.79. The molecule has 1 saturated heterocycles. The Morgan fingerprint density at radius 1 is 0.889 bits per heavy atom. The molecule has 8 atom stereocenters. The molecule has 176 valence electrons. The maximum absolute atomic E-state index is 6.46. The summed E-state index contributed by atoms with van der Waals surface area (Å²) in [7, 11) is 0. The maximum Gasteiger partial charge on any atom is 0.215 e. The molecule has 0 aromatic heterocycles. The molecule has 0 N–H and O–H groups in total. The fourth-order valence-corrected chi connectivity index (χ4v) is 7.83. The van der Waals surface area contributed by atoms with Crippen LogP contribution in [-0.2, 0) is 0 Å². The molecule has 5 aliphatic heterocycles. The normalized spacial score (nSPS) is 37.3. The van der Waals surface area contributed by atoms with Crippen LogP contribution in [0.2, 0.25) is 0 Å². The Balaban J connectivity index is 1.16. The predicted octanol–water partition coefficient (Wildman–Crippen LogP) is 5.27. The van der Waals surface area contributed by atoms with Crippen molar-refractivity contribution in [3.05, 3.63) is 114 Å². The molecule has 7 aliphatic rings. The van der Waals surface area contributed by atoms with E-state index < -0.39 is 0 Å². The van der Waals surface area contributed by atoms with Crippen LogP contribution in [0.15, 0.2) is 103 Å². The van der Waals surface area contributed by atoms with Gasteiger partial charge in [0.2, 0.25) is 11.8 Å². The minimum atomic E-state index is -0.128. The lowest BCUT2D eigenvalue weighted by molar-refractivity contribution is -0.482. The van der Waals surface area contributed by atoms with Crippen LogP contribution in [0.5, 0.6) is 11.5 Å². The Labute approximate surface area is 210 Å². The molecule has 2 fully saturated rings. The van der Waals surface area contributed by atoms with E-state index in [9.17, 15) is 0 Å². The highest BCUT2D eigenvalue weighted by Gasteiger charge is 2.68. The SMILES string of the molecule is C1=CCC2C(=C1)C1C([C@@H]1C1c3ccccc3C3=CC4Oc5ccccc5OC4C=[N+]31)N1C=CC=CC21. The second-order valence-electron chi connectivity index (χ2n) is 10.9. The summed E-state index contributed by atoms with van der Waals surface area (Å²) in [6.45, 7) is 0. The van der Waals surface area contributed by atoms with Crippen LogP contribution >= 0.6 is 0 Å². The van der Waals surface area contributed by atoms with Gasteiger partial charge in [0.1, 0.15) is 0 Å². The molecule has 2 aromatic rings. The highest BCUT2D eigenvalue weighted by molar-refractivity contribution is 5.76. The first-order valence-electron chi connectivity index (χ1n) is 13.2. The number of hydrogen-bond acceptors (Lipinski definition) is 3. The second-order valence-corrected chi connectivity index (χ2v) is 10.9. The highest BCUT2D eigenvalue weighted by atomic mass is 16.6. The average molecular weight is 472 g/mol. The van der Waals surface area contributed by atoms with Crippen molar-refractivity contribution >= 4 is 11.9 Å². The van der Waals surface area contributed by atoms with Gasteiger partial charge in [0, 0.05) is 29.5 Å². The number of allylic oxidation sites excluding steroid dienone is 5. The number of hydrogen-bond donors (Lipinski definition) is 0. The van der Waals surface area contributed by atoms with Crippen LogP contribution in [0.1, 0.15) is 23.6 Å². The van der Waals surface area contributed by atoms with Crippen LogP contribution in [0.3, 0.4) is 0 Å². The van der Waals surface area contributed by atoms with E-state index in [1.165, 1.54) is 16.8 Å². The van der Waals surface area contributed by atoms with Crippen LogP contribution in [-0.4, -0.2) is 40.0 Å². The molecule has 0 spiro atoms. The van der Waals surface area contributed by atoms with Crippen molar-refractivity contribution in [2.75, 3.05) is 0 Å². The van der Waals surface area contributed by atoms with Crippen molar-refractivity contribution in [3.8, 4) is 11.5 Å². The summed E-state index contributed by atoms with van der Waals surface area (Å²) in [5.41, 5.74) is 5.70. The average Bonchev–Trinajstić information content (AvgIpc) is 3.60. The Morgan fingerprint density at radius 3 is 2.64 bits per heavy atom. The van der Waals surface area contributed by atoms with Crippen LogP contribution < -0.4 is 9.47 Å².